The molecule has 1 unspecified atom stereocenters. The molecule has 0 aliphatic heterocycles. The average Bonchev–Trinajstić information content (AvgIpc) is 3.07. The summed E-state index contributed by atoms with van der Waals surface area (Å²) in [5.74, 6) is 0. The minimum atomic E-state index is 0.320. The van der Waals surface area contributed by atoms with Gasteiger partial charge in [0.1, 0.15) is 0 Å². The van der Waals surface area contributed by atoms with Crippen molar-refractivity contribution >= 4 is 27.8 Å². The van der Waals surface area contributed by atoms with E-state index in [0.717, 1.165) is 23.9 Å². The Labute approximate surface area is 129 Å². The van der Waals surface area contributed by atoms with E-state index in [1.54, 1.807) is 11.3 Å². The van der Waals surface area contributed by atoms with Gasteiger partial charge in [0.2, 0.25) is 0 Å². The number of hydrogen-bond donors (Lipinski definition) is 1. The molecule has 0 spiro atoms. The minimum absolute atomic E-state index is 0.320. The van der Waals surface area contributed by atoms with Crippen LogP contribution in [0, 0.1) is 0 Å². The lowest BCUT2D eigenvalue weighted by Gasteiger charge is -2.25. The first-order valence-electron chi connectivity index (χ1n) is 7.09. The van der Waals surface area contributed by atoms with Crippen molar-refractivity contribution in [1.82, 2.24) is 10.3 Å². The highest BCUT2D eigenvalue weighted by atomic mass is 32.1. The lowest BCUT2D eigenvalue weighted by Crippen LogP contribution is -2.29. The number of rotatable bonds is 7. The molecule has 0 radical (unpaired) electrons. The molecule has 0 amide bonds. The second kappa shape index (κ2) is 7.20. The van der Waals surface area contributed by atoms with Crippen molar-refractivity contribution in [1.29, 1.82) is 0 Å². The van der Waals surface area contributed by atoms with Gasteiger partial charge in [0, 0.05) is 22.3 Å². The smallest absolute Gasteiger partial charge is 0.186 e. The number of aromatic nitrogens is 1. The van der Waals surface area contributed by atoms with Crippen LogP contribution in [0.4, 0.5) is 5.13 Å². The molecule has 0 saturated carbocycles. The lowest BCUT2D eigenvalue weighted by molar-refractivity contribution is 0.584. The summed E-state index contributed by atoms with van der Waals surface area (Å²) in [5, 5.41) is 8.84. The fourth-order valence-corrected chi connectivity index (χ4v) is 3.81. The van der Waals surface area contributed by atoms with Crippen LogP contribution in [0.15, 0.2) is 22.9 Å². The van der Waals surface area contributed by atoms with E-state index in [4.69, 9.17) is 4.98 Å². The quantitative estimate of drug-likeness (QED) is 0.827. The van der Waals surface area contributed by atoms with Gasteiger partial charge in [0.05, 0.1) is 12.2 Å². The summed E-state index contributed by atoms with van der Waals surface area (Å²) in [4.78, 5) is 8.58. The van der Waals surface area contributed by atoms with Crippen LogP contribution >= 0.6 is 22.7 Å². The third-order valence-electron chi connectivity index (χ3n) is 3.24. The van der Waals surface area contributed by atoms with Crippen molar-refractivity contribution in [2.75, 3.05) is 11.4 Å². The van der Waals surface area contributed by atoms with E-state index in [1.807, 2.05) is 11.3 Å². The zero-order valence-electron chi connectivity index (χ0n) is 12.6. The number of nitrogens with one attached hydrogen (secondary N) is 1. The molecule has 0 bridgehead atoms. The summed E-state index contributed by atoms with van der Waals surface area (Å²) < 4.78 is 0. The zero-order chi connectivity index (χ0) is 14.5. The van der Waals surface area contributed by atoms with Gasteiger partial charge in [-0.1, -0.05) is 13.0 Å². The number of thiazole rings is 1. The van der Waals surface area contributed by atoms with Crippen LogP contribution in [0.25, 0.3) is 0 Å². The molecule has 1 atom stereocenters. The van der Waals surface area contributed by atoms with Gasteiger partial charge in [-0.05, 0) is 38.8 Å². The summed E-state index contributed by atoms with van der Waals surface area (Å²) in [6.45, 7) is 10.7. The first-order valence-corrected chi connectivity index (χ1v) is 8.85. The van der Waals surface area contributed by atoms with Gasteiger partial charge in [-0.3, -0.25) is 0 Å². The highest BCUT2D eigenvalue weighted by Gasteiger charge is 2.17. The van der Waals surface area contributed by atoms with E-state index < -0.39 is 0 Å². The maximum absolute atomic E-state index is 4.82. The van der Waals surface area contributed by atoms with E-state index in [2.05, 4.69) is 60.8 Å². The molecule has 2 rings (SSSR count). The predicted octanol–water partition coefficient (Wildman–Crippen LogP) is 4.29. The van der Waals surface area contributed by atoms with Gasteiger partial charge >= 0.3 is 0 Å². The maximum Gasteiger partial charge on any atom is 0.186 e. The Morgan fingerprint density at radius 1 is 1.30 bits per heavy atom. The Morgan fingerprint density at radius 3 is 2.70 bits per heavy atom. The normalized spacial score (nSPS) is 12.8. The Morgan fingerprint density at radius 2 is 2.10 bits per heavy atom. The summed E-state index contributed by atoms with van der Waals surface area (Å²) in [5.41, 5.74) is 1.14. The molecule has 0 aromatic carbocycles. The van der Waals surface area contributed by atoms with Crippen LogP contribution < -0.4 is 10.2 Å². The van der Waals surface area contributed by atoms with Crippen LogP contribution in [-0.2, 0) is 6.54 Å². The monoisotopic (exact) mass is 309 g/mol. The molecule has 1 N–H and O–H groups in total. The van der Waals surface area contributed by atoms with Gasteiger partial charge in [-0.25, -0.2) is 4.98 Å². The first kappa shape index (κ1) is 15.5. The Hall–Kier alpha value is -0.910. The fourth-order valence-electron chi connectivity index (χ4n) is 2.06. The number of hydrogen-bond acceptors (Lipinski definition) is 5. The van der Waals surface area contributed by atoms with Gasteiger partial charge in [0.15, 0.2) is 5.13 Å². The molecule has 0 aliphatic carbocycles. The summed E-state index contributed by atoms with van der Waals surface area (Å²) in [7, 11) is 0. The van der Waals surface area contributed by atoms with Crippen molar-refractivity contribution < 1.29 is 0 Å². The van der Waals surface area contributed by atoms with Gasteiger partial charge in [0.25, 0.3) is 0 Å². The fraction of sp³-hybridized carbons (Fsp3) is 0.533. The topological polar surface area (TPSA) is 28.2 Å². The Balaban J connectivity index is 2.13. The van der Waals surface area contributed by atoms with Gasteiger partial charge in [-0.15, -0.1) is 22.7 Å². The number of anilines is 1. The molecule has 5 heteroatoms. The van der Waals surface area contributed by atoms with Crippen LogP contribution in [0.3, 0.4) is 0 Å². The highest BCUT2D eigenvalue weighted by Crippen LogP contribution is 2.27. The number of nitrogens with zero attached hydrogens (tertiary/aromatic N) is 2. The molecule has 0 aliphatic rings. The van der Waals surface area contributed by atoms with Crippen LogP contribution in [0.5, 0.6) is 0 Å². The Bertz CT molecular complexity index is 505. The predicted molar refractivity (Wildman–Crippen MR) is 89.8 cm³/mol. The molecule has 110 valence electrons. The molecule has 2 heterocycles. The van der Waals surface area contributed by atoms with Crippen molar-refractivity contribution in [3.05, 3.63) is 33.5 Å². The van der Waals surface area contributed by atoms with Crippen molar-refractivity contribution in [2.45, 2.75) is 46.3 Å². The molecular weight excluding hydrogens is 286 g/mol. The van der Waals surface area contributed by atoms with Crippen molar-refractivity contribution in [2.24, 2.45) is 0 Å². The standard InChI is InChI=1S/C15H23N3S2/c1-5-16-12(4)14-10-20-15(17-14)18(11(2)3)9-13-7-6-8-19-13/h6-8,10-12,16H,5,9H2,1-4H3. The van der Waals surface area contributed by atoms with Crippen molar-refractivity contribution in [3.8, 4) is 0 Å². The van der Waals surface area contributed by atoms with E-state index in [-0.39, 0.29) is 0 Å². The van der Waals surface area contributed by atoms with E-state index in [0.29, 0.717) is 12.1 Å². The van der Waals surface area contributed by atoms with Gasteiger partial charge < -0.3 is 10.2 Å². The third-order valence-corrected chi connectivity index (χ3v) is 5.00. The second-order valence-electron chi connectivity index (χ2n) is 5.14. The van der Waals surface area contributed by atoms with E-state index in [9.17, 15) is 0 Å². The van der Waals surface area contributed by atoms with E-state index in [1.165, 1.54) is 4.88 Å². The SMILES string of the molecule is CCNC(C)c1csc(N(Cc2cccs2)C(C)C)n1. The zero-order valence-corrected chi connectivity index (χ0v) is 14.2. The largest absolute Gasteiger partial charge is 0.341 e. The molecule has 0 saturated heterocycles. The highest BCUT2D eigenvalue weighted by molar-refractivity contribution is 7.13. The second-order valence-corrected chi connectivity index (χ2v) is 7.00. The summed E-state index contributed by atoms with van der Waals surface area (Å²) >= 11 is 3.55. The number of thiophene rings is 1. The van der Waals surface area contributed by atoms with Crippen molar-refractivity contribution in [3.63, 3.8) is 0 Å². The van der Waals surface area contributed by atoms with Crippen LogP contribution in [0.1, 0.15) is 44.3 Å². The first-order chi connectivity index (χ1) is 9.61. The lowest BCUT2D eigenvalue weighted by atomic mass is 10.2. The molecule has 2 aromatic heterocycles. The maximum atomic E-state index is 4.82. The average molecular weight is 310 g/mol. The summed E-state index contributed by atoms with van der Waals surface area (Å²) in [6, 6.07) is 5.07. The summed E-state index contributed by atoms with van der Waals surface area (Å²) in [6.07, 6.45) is 0. The van der Waals surface area contributed by atoms with Crippen LogP contribution in [-0.4, -0.2) is 17.6 Å². The minimum Gasteiger partial charge on any atom is -0.341 e. The molecular formula is C15H23N3S2. The molecule has 0 fully saturated rings. The molecule has 20 heavy (non-hydrogen) atoms. The third kappa shape index (κ3) is 3.81. The molecule has 3 nitrogen and oxygen atoms in total. The van der Waals surface area contributed by atoms with Gasteiger partial charge in [-0.2, -0.15) is 0 Å². The van der Waals surface area contributed by atoms with Crippen LogP contribution in [0.2, 0.25) is 0 Å². The van der Waals surface area contributed by atoms with E-state index >= 15 is 0 Å². The molecule has 2 aromatic rings. The Kier molecular flexibility index (Phi) is 5.57.